The van der Waals surface area contributed by atoms with Crippen molar-refractivity contribution in [1.29, 1.82) is 0 Å². The second-order valence-electron chi connectivity index (χ2n) is 4.09. The minimum absolute atomic E-state index is 0.0930. The molecule has 0 amide bonds. The third-order valence-corrected chi connectivity index (χ3v) is 3.87. The van der Waals surface area contributed by atoms with Gasteiger partial charge in [-0.15, -0.1) is 0 Å². The van der Waals surface area contributed by atoms with E-state index in [4.69, 9.17) is 10.5 Å². The van der Waals surface area contributed by atoms with Crippen LogP contribution in [-0.2, 0) is 0 Å². The Labute approximate surface area is 106 Å². The number of ketones is 1. The van der Waals surface area contributed by atoms with Gasteiger partial charge < -0.3 is 10.5 Å². The molecule has 1 unspecified atom stereocenters. The molecule has 4 heteroatoms. The molecule has 2 N–H and O–H groups in total. The summed E-state index contributed by atoms with van der Waals surface area (Å²) in [6, 6.07) is 7.37. The van der Waals surface area contributed by atoms with E-state index in [1.54, 1.807) is 0 Å². The molecule has 1 saturated heterocycles. The maximum absolute atomic E-state index is 11.6. The van der Waals surface area contributed by atoms with Crippen LogP contribution in [0.5, 0.6) is 5.75 Å². The van der Waals surface area contributed by atoms with E-state index in [9.17, 15) is 4.79 Å². The van der Waals surface area contributed by atoms with Crippen LogP contribution in [-0.4, -0.2) is 29.9 Å². The summed E-state index contributed by atoms with van der Waals surface area (Å²) >= 11 is 1.92. The van der Waals surface area contributed by atoms with E-state index in [2.05, 4.69) is 0 Å². The van der Waals surface area contributed by atoms with E-state index in [1.807, 2.05) is 36.0 Å². The molecule has 1 heterocycles. The van der Waals surface area contributed by atoms with Gasteiger partial charge in [0.1, 0.15) is 11.9 Å². The fourth-order valence-electron chi connectivity index (χ4n) is 1.79. The molecule has 17 heavy (non-hydrogen) atoms. The Balaban J connectivity index is 1.94. The highest BCUT2D eigenvalue weighted by Crippen LogP contribution is 2.23. The number of carbonyl (C=O) groups excluding carboxylic acids is 1. The third kappa shape index (κ3) is 3.48. The zero-order valence-corrected chi connectivity index (χ0v) is 10.5. The van der Waals surface area contributed by atoms with Gasteiger partial charge in [0.05, 0.1) is 0 Å². The lowest BCUT2D eigenvalue weighted by molar-refractivity contribution is 0.0985. The number of rotatable bonds is 5. The monoisotopic (exact) mass is 251 g/mol. The zero-order chi connectivity index (χ0) is 12.1. The molecule has 1 aliphatic heterocycles. The van der Waals surface area contributed by atoms with Crippen molar-refractivity contribution in [2.24, 2.45) is 5.73 Å². The molecule has 1 aromatic rings. The number of benzene rings is 1. The lowest BCUT2D eigenvalue weighted by atomic mass is 10.1. The molecule has 0 radical (unpaired) electrons. The number of Topliss-reactive ketones (excluding diaryl/α,β-unsaturated/α-hetero) is 1. The molecule has 0 saturated carbocycles. The number of ether oxygens (including phenoxy) is 1. The van der Waals surface area contributed by atoms with Gasteiger partial charge in [-0.3, -0.25) is 4.79 Å². The molecule has 92 valence electrons. The summed E-state index contributed by atoms with van der Waals surface area (Å²) in [6.07, 6.45) is 1.84. The van der Waals surface area contributed by atoms with Gasteiger partial charge in [0, 0.05) is 17.7 Å². The fourth-order valence-corrected chi connectivity index (χ4v) is 2.89. The van der Waals surface area contributed by atoms with E-state index in [-0.39, 0.29) is 5.78 Å². The second kappa shape index (κ2) is 6.07. The van der Waals surface area contributed by atoms with Crippen LogP contribution in [0.15, 0.2) is 24.3 Å². The SMILES string of the molecule is NCCC(=O)c1ccc(OC2CCSC2)cc1. The predicted octanol–water partition coefficient (Wildman–Crippen LogP) is 2.10. The topological polar surface area (TPSA) is 52.3 Å². The van der Waals surface area contributed by atoms with Crippen LogP contribution in [0.2, 0.25) is 0 Å². The van der Waals surface area contributed by atoms with Gasteiger partial charge in [0.25, 0.3) is 0 Å². The van der Waals surface area contributed by atoms with Crippen molar-refractivity contribution >= 4 is 17.5 Å². The molecule has 2 rings (SSSR count). The first-order valence-corrected chi connectivity index (χ1v) is 7.03. The minimum atomic E-state index is 0.0930. The average Bonchev–Trinajstić information content (AvgIpc) is 2.83. The smallest absolute Gasteiger partial charge is 0.164 e. The molecule has 1 fully saturated rings. The molecule has 1 aromatic carbocycles. The Kier molecular flexibility index (Phi) is 4.45. The normalized spacial score (nSPS) is 19.2. The van der Waals surface area contributed by atoms with Gasteiger partial charge in [-0.1, -0.05) is 0 Å². The van der Waals surface area contributed by atoms with Gasteiger partial charge in [-0.2, -0.15) is 11.8 Å². The van der Waals surface area contributed by atoms with Crippen LogP contribution >= 0.6 is 11.8 Å². The Morgan fingerprint density at radius 3 is 2.76 bits per heavy atom. The van der Waals surface area contributed by atoms with E-state index in [1.165, 1.54) is 5.75 Å². The number of thioether (sulfide) groups is 1. The minimum Gasteiger partial charge on any atom is -0.490 e. The largest absolute Gasteiger partial charge is 0.490 e. The molecule has 1 aliphatic rings. The van der Waals surface area contributed by atoms with Crippen LogP contribution < -0.4 is 10.5 Å². The number of nitrogens with two attached hydrogens (primary N) is 1. The van der Waals surface area contributed by atoms with Crippen LogP contribution in [0.1, 0.15) is 23.2 Å². The van der Waals surface area contributed by atoms with Crippen molar-refractivity contribution in [1.82, 2.24) is 0 Å². The predicted molar refractivity (Wildman–Crippen MR) is 70.8 cm³/mol. The van der Waals surface area contributed by atoms with E-state index in [0.717, 1.165) is 17.9 Å². The van der Waals surface area contributed by atoms with E-state index < -0.39 is 0 Å². The van der Waals surface area contributed by atoms with E-state index >= 15 is 0 Å². The lowest BCUT2D eigenvalue weighted by Crippen LogP contribution is -2.14. The van der Waals surface area contributed by atoms with Crippen LogP contribution in [0.4, 0.5) is 0 Å². The van der Waals surface area contributed by atoms with Crippen molar-refractivity contribution in [3.05, 3.63) is 29.8 Å². The van der Waals surface area contributed by atoms with Gasteiger partial charge >= 0.3 is 0 Å². The first kappa shape index (κ1) is 12.5. The van der Waals surface area contributed by atoms with Gasteiger partial charge in [0.15, 0.2) is 5.78 Å². The third-order valence-electron chi connectivity index (χ3n) is 2.74. The standard InChI is InChI=1S/C13H17NO2S/c14-7-5-13(15)10-1-3-11(4-2-10)16-12-6-8-17-9-12/h1-4,12H,5-9,14H2. The molecule has 1 atom stereocenters. The summed E-state index contributed by atoms with van der Waals surface area (Å²) in [5.74, 6) is 3.18. The van der Waals surface area contributed by atoms with Gasteiger partial charge in [-0.05, 0) is 43.0 Å². The van der Waals surface area contributed by atoms with Crippen molar-refractivity contribution in [3.63, 3.8) is 0 Å². The van der Waals surface area contributed by atoms with Crippen LogP contribution in [0.3, 0.4) is 0 Å². The highest BCUT2D eigenvalue weighted by molar-refractivity contribution is 7.99. The highest BCUT2D eigenvalue weighted by atomic mass is 32.2. The Hall–Kier alpha value is -1.00. The average molecular weight is 251 g/mol. The first-order valence-electron chi connectivity index (χ1n) is 5.87. The molecular weight excluding hydrogens is 234 g/mol. The summed E-state index contributed by atoms with van der Waals surface area (Å²) in [4.78, 5) is 11.6. The summed E-state index contributed by atoms with van der Waals surface area (Å²) in [6.45, 7) is 0.399. The van der Waals surface area contributed by atoms with Crippen molar-refractivity contribution in [2.75, 3.05) is 18.1 Å². The summed E-state index contributed by atoms with van der Waals surface area (Å²) in [7, 11) is 0. The van der Waals surface area contributed by atoms with Gasteiger partial charge in [-0.25, -0.2) is 0 Å². The quantitative estimate of drug-likeness (QED) is 0.814. The van der Waals surface area contributed by atoms with Crippen LogP contribution in [0.25, 0.3) is 0 Å². The Morgan fingerprint density at radius 1 is 1.41 bits per heavy atom. The molecule has 3 nitrogen and oxygen atoms in total. The maximum Gasteiger partial charge on any atom is 0.164 e. The van der Waals surface area contributed by atoms with Crippen molar-refractivity contribution < 1.29 is 9.53 Å². The van der Waals surface area contributed by atoms with Gasteiger partial charge in [0.2, 0.25) is 0 Å². The summed E-state index contributed by atoms with van der Waals surface area (Å²) in [5.41, 5.74) is 6.07. The first-order chi connectivity index (χ1) is 8.29. The summed E-state index contributed by atoms with van der Waals surface area (Å²) in [5, 5.41) is 0. The van der Waals surface area contributed by atoms with E-state index in [0.29, 0.717) is 24.6 Å². The molecular formula is C13H17NO2S. The maximum atomic E-state index is 11.6. The number of hydrogen-bond acceptors (Lipinski definition) is 4. The molecule has 0 aliphatic carbocycles. The number of hydrogen-bond donors (Lipinski definition) is 1. The van der Waals surface area contributed by atoms with Crippen molar-refractivity contribution in [2.45, 2.75) is 18.9 Å². The summed E-state index contributed by atoms with van der Waals surface area (Å²) < 4.78 is 5.81. The molecule has 0 aromatic heterocycles. The van der Waals surface area contributed by atoms with Crippen LogP contribution in [0, 0.1) is 0 Å². The Bertz CT molecular complexity index is 372. The molecule has 0 spiro atoms. The lowest BCUT2D eigenvalue weighted by Gasteiger charge is -2.12. The highest BCUT2D eigenvalue weighted by Gasteiger charge is 2.16. The zero-order valence-electron chi connectivity index (χ0n) is 9.72. The van der Waals surface area contributed by atoms with Crippen molar-refractivity contribution in [3.8, 4) is 5.75 Å². The Morgan fingerprint density at radius 2 is 2.18 bits per heavy atom. The number of carbonyl (C=O) groups is 1. The second-order valence-corrected chi connectivity index (χ2v) is 5.24. The fraction of sp³-hybridized carbons (Fsp3) is 0.462. The molecule has 0 bridgehead atoms.